The highest BCUT2D eigenvalue weighted by atomic mass is 32.2. The van der Waals surface area contributed by atoms with Gasteiger partial charge in [-0.05, 0) is 44.2 Å². The number of hydrogen-bond donors (Lipinski definition) is 2. The Morgan fingerprint density at radius 2 is 2.00 bits per heavy atom. The third-order valence-electron chi connectivity index (χ3n) is 4.42. The molecular weight excluding hydrogens is 388 g/mol. The summed E-state index contributed by atoms with van der Waals surface area (Å²) >= 11 is 1.35. The molecule has 0 spiro atoms. The molecule has 1 aromatic heterocycles. The van der Waals surface area contributed by atoms with Gasteiger partial charge in [0.1, 0.15) is 0 Å². The quantitative estimate of drug-likeness (QED) is 0.780. The fourth-order valence-corrected chi connectivity index (χ4v) is 4.21. The highest BCUT2D eigenvalue weighted by Crippen LogP contribution is 2.22. The number of benzene rings is 1. The van der Waals surface area contributed by atoms with Gasteiger partial charge in [0.05, 0.1) is 10.8 Å². The second-order valence-corrected chi connectivity index (χ2v) is 8.93. The number of sulfonamides is 1. The summed E-state index contributed by atoms with van der Waals surface area (Å²) in [5.41, 5.74) is 0.394. The predicted molar refractivity (Wildman–Crippen MR) is 102 cm³/mol. The summed E-state index contributed by atoms with van der Waals surface area (Å²) in [6, 6.07) is 5.78. The molecule has 0 saturated carbocycles. The van der Waals surface area contributed by atoms with Gasteiger partial charge >= 0.3 is 0 Å². The van der Waals surface area contributed by atoms with Crippen molar-refractivity contribution in [1.82, 2.24) is 14.6 Å². The van der Waals surface area contributed by atoms with Crippen LogP contribution in [0.1, 0.15) is 23.2 Å². The van der Waals surface area contributed by atoms with Gasteiger partial charge in [-0.3, -0.25) is 9.59 Å². The summed E-state index contributed by atoms with van der Waals surface area (Å²) in [5.74, 6) is -0.649. The molecule has 2 aromatic rings. The van der Waals surface area contributed by atoms with Gasteiger partial charge in [-0.2, -0.15) is 0 Å². The number of carbonyl (C=O) groups excluding carboxylic acids is 2. The number of anilines is 1. The number of piperidine rings is 1. The number of hydrogen-bond acceptors (Lipinski definition) is 6. The smallest absolute Gasteiger partial charge is 0.253 e. The van der Waals surface area contributed by atoms with Crippen LogP contribution in [0.25, 0.3) is 0 Å². The zero-order valence-corrected chi connectivity index (χ0v) is 16.3. The first-order valence-electron chi connectivity index (χ1n) is 8.44. The molecule has 1 aliphatic rings. The zero-order chi connectivity index (χ0) is 19.4. The highest BCUT2D eigenvalue weighted by molar-refractivity contribution is 7.89. The van der Waals surface area contributed by atoms with Gasteiger partial charge in [-0.25, -0.2) is 18.1 Å². The predicted octanol–water partition coefficient (Wildman–Crippen LogP) is 1.54. The third-order valence-corrected chi connectivity index (χ3v) is 6.54. The van der Waals surface area contributed by atoms with Crippen LogP contribution < -0.4 is 10.0 Å². The van der Waals surface area contributed by atoms with Gasteiger partial charge in [0, 0.05) is 30.2 Å². The molecule has 27 heavy (non-hydrogen) atoms. The van der Waals surface area contributed by atoms with E-state index in [0.29, 0.717) is 30.2 Å². The minimum Gasteiger partial charge on any atom is -0.338 e. The van der Waals surface area contributed by atoms with Gasteiger partial charge in [-0.1, -0.05) is 0 Å². The summed E-state index contributed by atoms with van der Waals surface area (Å²) in [5, 5.41) is 5.11. The maximum absolute atomic E-state index is 12.7. The van der Waals surface area contributed by atoms with Gasteiger partial charge in [0.25, 0.3) is 5.91 Å². The Morgan fingerprint density at radius 3 is 2.63 bits per heavy atom. The minimum atomic E-state index is -3.54. The van der Waals surface area contributed by atoms with Crippen molar-refractivity contribution in [2.75, 3.05) is 25.5 Å². The van der Waals surface area contributed by atoms with Crippen LogP contribution in [0.3, 0.4) is 0 Å². The molecule has 1 saturated heterocycles. The van der Waals surface area contributed by atoms with Crippen LogP contribution in [0.2, 0.25) is 0 Å². The second-order valence-electron chi connectivity index (χ2n) is 6.15. The Hall–Kier alpha value is -2.30. The highest BCUT2D eigenvalue weighted by Gasteiger charge is 2.29. The van der Waals surface area contributed by atoms with Crippen LogP contribution in [0.5, 0.6) is 0 Å². The van der Waals surface area contributed by atoms with E-state index in [1.54, 1.807) is 16.5 Å². The standard InChI is InChI=1S/C17H20N4O4S2/c1-18-27(24,25)14-6-4-12(5-7-14)16(23)21-9-2-3-13(11-21)15(22)20-17-19-8-10-26-17/h4-8,10,13,18H,2-3,9,11H2,1H3,(H,19,20,22). The van der Waals surface area contributed by atoms with E-state index in [1.165, 1.54) is 42.6 Å². The molecule has 1 aromatic carbocycles. The van der Waals surface area contributed by atoms with Crippen LogP contribution >= 0.6 is 11.3 Å². The third kappa shape index (κ3) is 4.52. The maximum atomic E-state index is 12.7. The average molecular weight is 409 g/mol. The van der Waals surface area contributed by atoms with Crippen LogP contribution in [0.15, 0.2) is 40.7 Å². The summed E-state index contributed by atoms with van der Waals surface area (Å²) < 4.78 is 25.8. The molecule has 8 nitrogen and oxygen atoms in total. The van der Waals surface area contributed by atoms with Crippen LogP contribution in [0.4, 0.5) is 5.13 Å². The van der Waals surface area contributed by atoms with E-state index in [9.17, 15) is 18.0 Å². The topological polar surface area (TPSA) is 108 Å². The van der Waals surface area contributed by atoms with Gasteiger partial charge in [-0.15, -0.1) is 11.3 Å². The fourth-order valence-electron chi connectivity index (χ4n) is 2.95. The van der Waals surface area contributed by atoms with Crippen molar-refractivity contribution < 1.29 is 18.0 Å². The lowest BCUT2D eigenvalue weighted by Gasteiger charge is -2.32. The molecule has 1 atom stereocenters. The number of thiazole rings is 1. The number of carbonyl (C=O) groups is 2. The van der Waals surface area contributed by atoms with E-state index < -0.39 is 10.0 Å². The Morgan fingerprint density at radius 1 is 1.26 bits per heavy atom. The number of nitrogens with one attached hydrogen (secondary N) is 2. The lowest BCUT2D eigenvalue weighted by Crippen LogP contribution is -2.43. The largest absolute Gasteiger partial charge is 0.338 e. The molecule has 0 bridgehead atoms. The van der Waals surface area contributed by atoms with Crippen LogP contribution in [-0.4, -0.2) is 50.3 Å². The molecule has 1 fully saturated rings. The fraction of sp³-hybridized carbons (Fsp3) is 0.353. The molecule has 1 aliphatic heterocycles. The molecule has 1 unspecified atom stereocenters. The summed E-state index contributed by atoms with van der Waals surface area (Å²) in [7, 11) is -2.21. The van der Waals surface area contributed by atoms with Crippen LogP contribution in [-0.2, 0) is 14.8 Å². The Kier molecular flexibility index (Phi) is 5.88. The van der Waals surface area contributed by atoms with Gasteiger partial charge < -0.3 is 10.2 Å². The number of nitrogens with zero attached hydrogens (tertiary/aromatic N) is 2. The minimum absolute atomic E-state index is 0.0981. The number of amides is 2. The summed E-state index contributed by atoms with van der Waals surface area (Å²) in [6.07, 6.45) is 3.06. The Labute approximate surface area is 161 Å². The van der Waals surface area contributed by atoms with Crippen molar-refractivity contribution in [2.45, 2.75) is 17.7 Å². The first-order chi connectivity index (χ1) is 12.9. The molecule has 0 aliphatic carbocycles. The molecular formula is C17H20N4O4S2. The maximum Gasteiger partial charge on any atom is 0.253 e. The Balaban J connectivity index is 1.67. The van der Waals surface area contributed by atoms with Crippen molar-refractivity contribution in [2.24, 2.45) is 5.92 Å². The molecule has 2 heterocycles. The number of aromatic nitrogens is 1. The van der Waals surface area contributed by atoms with Crippen molar-refractivity contribution in [1.29, 1.82) is 0 Å². The van der Waals surface area contributed by atoms with E-state index >= 15 is 0 Å². The number of rotatable bonds is 5. The van der Waals surface area contributed by atoms with Crippen molar-refractivity contribution in [3.8, 4) is 0 Å². The van der Waals surface area contributed by atoms with Crippen molar-refractivity contribution in [3.63, 3.8) is 0 Å². The van der Waals surface area contributed by atoms with Crippen molar-refractivity contribution in [3.05, 3.63) is 41.4 Å². The van der Waals surface area contributed by atoms with E-state index in [2.05, 4.69) is 15.0 Å². The summed E-state index contributed by atoms with van der Waals surface area (Å²) in [4.78, 5) is 30.9. The van der Waals surface area contributed by atoms with Gasteiger partial charge in [0.15, 0.2) is 5.13 Å². The normalized spacial score (nSPS) is 17.5. The molecule has 144 valence electrons. The Bertz CT molecular complexity index is 911. The molecule has 3 rings (SSSR count). The lowest BCUT2D eigenvalue weighted by atomic mass is 9.96. The molecule has 2 amide bonds. The van der Waals surface area contributed by atoms with E-state index in [0.717, 1.165) is 6.42 Å². The average Bonchev–Trinajstić information content (AvgIpc) is 3.20. The monoisotopic (exact) mass is 408 g/mol. The number of likely N-dealkylation sites (tertiary alicyclic amines) is 1. The summed E-state index contributed by atoms with van der Waals surface area (Å²) in [6.45, 7) is 0.892. The van der Waals surface area contributed by atoms with Crippen molar-refractivity contribution >= 4 is 38.3 Å². The molecule has 0 radical (unpaired) electrons. The van der Waals surface area contributed by atoms with E-state index in [1.807, 2.05) is 0 Å². The van der Waals surface area contributed by atoms with E-state index in [-0.39, 0.29) is 22.6 Å². The van der Waals surface area contributed by atoms with E-state index in [4.69, 9.17) is 0 Å². The lowest BCUT2D eigenvalue weighted by molar-refractivity contribution is -0.121. The van der Waals surface area contributed by atoms with Crippen LogP contribution in [0, 0.1) is 5.92 Å². The van der Waals surface area contributed by atoms with Gasteiger partial charge in [0.2, 0.25) is 15.9 Å². The second kappa shape index (κ2) is 8.15. The SMILES string of the molecule is CNS(=O)(=O)c1ccc(C(=O)N2CCCC(C(=O)Nc3nccs3)C2)cc1. The zero-order valence-electron chi connectivity index (χ0n) is 14.7. The molecule has 2 N–H and O–H groups in total. The first kappa shape index (κ1) is 19.5. The first-order valence-corrected chi connectivity index (χ1v) is 10.8. The molecule has 10 heteroatoms.